The largest absolute Gasteiger partial charge is 0.497 e. The summed E-state index contributed by atoms with van der Waals surface area (Å²) in [4.78, 5) is 12.3. The number of rotatable bonds is 9. The van der Waals surface area contributed by atoms with Gasteiger partial charge in [-0.1, -0.05) is 26.0 Å². The summed E-state index contributed by atoms with van der Waals surface area (Å²) >= 11 is 0. The number of anilines is 2. The van der Waals surface area contributed by atoms with Crippen LogP contribution in [0.3, 0.4) is 0 Å². The lowest BCUT2D eigenvalue weighted by molar-refractivity contribution is -0.118. The zero-order valence-electron chi connectivity index (χ0n) is 19.1. The van der Waals surface area contributed by atoms with Crippen LogP contribution in [0.1, 0.15) is 30.9 Å². The topological polar surface area (TPSA) is 93.7 Å². The Labute approximate surface area is 194 Å². The Kier molecular flexibility index (Phi) is 7.60. The summed E-state index contributed by atoms with van der Waals surface area (Å²) in [6.45, 7) is 5.75. The van der Waals surface area contributed by atoms with Crippen LogP contribution in [-0.2, 0) is 14.8 Å². The second kappa shape index (κ2) is 10.4. The first-order valence-corrected chi connectivity index (χ1v) is 12.0. The molecule has 0 fully saturated rings. The van der Waals surface area contributed by atoms with E-state index < -0.39 is 10.0 Å². The molecule has 0 heterocycles. The Morgan fingerprint density at radius 2 is 1.58 bits per heavy atom. The van der Waals surface area contributed by atoms with Crippen molar-refractivity contribution in [2.45, 2.75) is 31.6 Å². The van der Waals surface area contributed by atoms with Crippen LogP contribution in [0.5, 0.6) is 11.5 Å². The molecule has 2 N–H and O–H groups in total. The fraction of sp³-hybridized carbons (Fsp3) is 0.240. The molecule has 0 saturated heterocycles. The molecule has 0 radical (unpaired) electrons. The quantitative estimate of drug-likeness (QED) is 0.464. The van der Waals surface area contributed by atoms with Gasteiger partial charge in [-0.3, -0.25) is 9.52 Å². The number of carbonyl (C=O) groups is 1. The molecule has 0 saturated carbocycles. The van der Waals surface area contributed by atoms with Gasteiger partial charge in [0, 0.05) is 11.4 Å². The first-order valence-electron chi connectivity index (χ1n) is 10.5. The highest BCUT2D eigenvalue weighted by Gasteiger charge is 2.16. The SMILES string of the molecule is COc1ccc(NS(=O)(=O)c2ccc(OCC(=O)Nc3ccc(C(C)C)cc3)c(C)c2)cc1. The van der Waals surface area contributed by atoms with Gasteiger partial charge in [0.1, 0.15) is 11.5 Å². The van der Waals surface area contributed by atoms with E-state index in [0.717, 1.165) is 0 Å². The lowest BCUT2D eigenvalue weighted by atomic mass is 10.0. The van der Waals surface area contributed by atoms with Crippen LogP contribution in [0.15, 0.2) is 71.6 Å². The normalized spacial score (nSPS) is 11.2. The van der Waals surface area contributed by atoms with Crippen molar-refractivity contribution in [1.29, 1.82) is 0 Å². The Morgan fingerprint density at radius 1 is 0.939 bits per heavy atom. The second-order valence-corrected chi connectivity index (χ2v) is 9.56. The number of ether oxygens (including phenoxy) is 2. The Balaban J connectivity index is 1.60. The third-order valence-corrected chi connectivity index (χ3v) is 6.40. The molecule has 0 aliphatic rings. The first kappa shape index (κ1) is 24.1. The van der Waals surface area contributed by atoms with E-state index in [-0.39, 0.29) is 17.4 Å². The summed E-state index contributed by atoms with van der Waals surface area (Å²) < 4.78 is 38.6. The minimum absolute atomic E-state index is 0.0952. The molecule has 0 aliphatic heterocycles. The molecule has 3 aromatic carbocycles. The molecule has 0 aliphatic carbocycles. The molecule has 3 aromatic rings. The van der Waals surface area contributed by atoms with E-state index in [0.29, 0.717) is 34.4 Å². The zero-order chi connectivity index (χ0) is 24.0. The van der Waals surface area contributed by atoms with Gasteiger partial charge >= 0.3 is 0 Å². The van der Waals surface area contributed by atoms with Crippen molar-refractivity contribution in [1.82, 2.24) is 0 Å². The van der Waals surface area contributed by atoms with Gasteiger partial charge in [-0.05, 0) is 78.6 Å². The summed E-state index contributed by atoms with van der Waals surface area (Å²) in [5, 5.41) is 2.79. The van der Waals surface area contributed by atoms with Crippen LogP contribution >= 0.6 is 0 Å². The Morgan fingerprint density at radius 3 is 2.15 bits per heavy atom. The maximum absolute atomic E-state index is 12.7. The number of amides is 1. The molecule has 8 heteroatoms. The molecule has 0 unspecified atom stereocenters. The average Bonchev–Trinajstić information content (AvgIpc) is 2.79. The number of sulfonamides is 1. The summed E-state index contributed by atoms with van der Waals surface area (Å²) in [6.07, 6.45) is 0. The van der Waals surface area contributed by atoms with Crippen LogP contribution in [0, 0.1) is 6.92 Å². The highest BCUT2D eigenvalue weighted by atomic mass is 32.2. The van der Waals surface area contributed by atoms with Crippen LogP contribution < -0.4 is 19.5 Å². The molecule has 0 atom stereocenters. The van der Waals surface area contributed by atoms with E-state index in [1.807, 2.05) is 24.3 Å². The minimum Gasteiger partial charge on any atom is -0.497 e. The van der Waals surface area contributed by atoms with Crippen LogP contribution in [0.4, 0.5) is 11.4 Å². The van der Waals surface area contributed by atoms with Gasteiger partial charge in [0.25, 0.3) is 15.9 Å². The number of hydrogen-bond acceptors (Lipinski definition) is 5. The molecule has 0 bridgehead atoms. The number of hydrogen-bond donors (Lipinski definition) is 2. The molecule has 174 valence electrons. The maximum atomic E-state index is 12.7. The van der Waals surface area contributed by atoms with Gasteiger partial charge in [0.15, 0.2) is 6.61 Å². The highest BCUT2D eigenvalue weighted by molar-refractivity contribution is 7.92. The van der Waals surface area contributed by atoms with Gasteiger partial charge in [-0.2, -0.15) is 0 Å². The van der Waals surface area contributed by atoms with Crippen molar-refractivity contribution in [2.75, 3.05) is 23.8 Å². The predicted octanol–water partition coefficient (Wildman–Crippen LogP) is 4.95. The summed E-state index contributed by atoms with van der Waals surface area (Å²) in [5.41, 5.74) is 2.90. The second-order valence-electron chi connectivity index (χ2n) is 7.87. The standard InChI is InChI=1S/C25H28N2O5S/c1-17(2)19-5-7-20(8-6-19)26-25(28)16-32-24-14-13-23(15-18(24)3)33(29,30)27-21-9-11-22(31-4)12-10-21/h5-15,17,27H,16H2,1-4H3,(H,26,28). The summed E-state index contributed by atoms with van der Waals surface area (Å²) in [6, 6.07) is 18.7. The fourth-order valence-electron chi connectivity index (χ4n) is 3.12. The molecule has 0 aromatic heterocycles. The number of aryl methyl sites for hydroxylation is 1. The van der Waals surface area contributed by atoms with E-state index in [1.54, 1.807) is 44.4 Å². The number of nitrogens with one attached hydrogen (secondary N) is 2. The van der Waals surface area contributed by atoms with Crippen molar-refractivity contribution in [3.05, 3.63) is 77.9 Å². The van der Waals surface area contributed by atoms with Gasteiger partial charge in [0.05, 0.1) is 12.0 Å². The third kappa shape index (κ3) is 6.49. The van der Waals surface area contributed by atoms with Crippen LogP contribution in [0.25, 0.3) is 0 Å². The van der Waals surface area contributed by atoms with Gasteiger partial charge < -0.3 is 14.8 Å². The van der Waals surface area contributed by atoms with Crippen molar-refractivity contribution in [2.24, 2.45) is 0 Å². The van der Waals surface area contributed by atoms with Crippen molar-refractivity contribution >= 4 is 27.3 Å². The summed E-state index contributed by atoms with van der Waals surface area (Å²) in [7, 11) is -2.24. The Hall–Kier alpha value is -3.52. The van der Waals surface area contributed by atoms with Crippen LogP contribution in [0.2, 0.25) is 0 Å². The Bertz CT molecular complexity index is 1200. The van der Waals surface area contributed by atoms with E-state index in [9.17, 15) is 13.2 Å². The average molecular weight is 469 g/mol. The molecule has 3 rings (SSSR count). The van der Waals surface area contributed by atoms with Crippen molar-refractivity contribution in [3.63, 3.8) is 0 Å². The number of carbonyl (C=O) groups excluding carboxylic acids is 1. The van der Waals surface area contributed by atoms with Crippen molar-refractivity contribution in [3.8, 4) is 11.5 Å². The van der Waals surface area contributed by atoms with E-state index in [2.05, 4.69) is 23.9 Å². The molecule has 7 nitrogen and oxygen atoms in total. The minimum atomic E-state index is -3.78. The smallest absolute Gasteiger partial charge is 0.262 e. The van der Waals surface area contributed by atoms with E-state index >= 15 is 0 Å². The monoisotopic (exact) mass is 468 g/mol. The van der Waals surface area contributed by atoms with Crippen LogP contribution in [-0.4, -0.2) is 28.0 Å². The predicted molar refractivity (Wildman–Crippen MR) is 130 cm³/mol. The zero-order valence-corrected chi connectivity index (χ0v) is 19.9. The number of benzene rings is 3. The first-order chi connectivity index (χ1) is 15.7. The lowest BCUT2D eigenvalue weighted by Crippen LogP contribution is -2.20. The molecular weight excluding hydrogens is 440 g/mol. The van der Waals surface area contributed by atoms with Gasteiger partial charge in [-0.25, -0.2) is 8.42 Å². The lowest BCUT2D eigenvalue weighted by Gasteiger charge is -2.13. The molecule has 1 amide bonds. The maximum Gasteiger partial charge on any atom is 0.262 e. The molecule has 0 spiro atoms. The van der Waals surface area contributed by atoms with E-state index in [4.69, 9.17) is 9.47 Å². The highest BCUT2D eigenvalue weighted by Crippen LogP contribution is 2.24. The van der Waals surface area contributed by atoms with Gasteiger partial charge in [-0.15, -0.1) is 0 Å². The van der Waals surface area contributed by atoms with Gasteiger partial charge in [0.2, 0.25) is 0 Å². The number of methoxy groups -OCH3 is 1. The third-order valence-electron chi connectivity index (χ3n) is 5.02. The molecule has 33 heavy (non-hydrogen) atoms. The van der Waals surface area contributed by atoms with Crippen molar-refractivity contribution < 1.29 is 22.7 Å². The molecular formula is C25H28N2O5S. The summed E-state index contributed by atoms with van der Waals surface area (Å²) in [5.74, 6) is 1.18. The fourth-order valence-corrected chi connectivity index (χ4v) is 4.26. The van der Waals surface area contributed by atoms with E-state index in [1.165, 1.54) is 17.7 Å².